The van der Waals surface area contributed by atoms with Crippen LogP contribution in [-0.2, 0) is 19.9 Å². The van der Waals surface area contributed by atoms with Gasteiger partial charge in [-0.05, 0) is 19.3 Å². The van der Waals surface area contributed by atoms with Crippen LogP contribution >= 0.6 is 0 Å². The smallest absolute Gasteiger partial charge is 0.345 e. The van der Waals surface area contributed by atoms with Gasteiger partial charge < -0.3 is 14.8 Å². The monoisotopic (exact) mass is 209 g/mol. The van der Waals surface area contributed by atoms with Crippen LogP contribution < -0.4 is 5.56 Å². The van der Waals surface area contributed by atoms with Gasteiger partial charge in [-0.1, -0.05) is 0 Å². The maximum Gasteiger partial charge on any atom is 0.345 e. The molecule has 0 atom stereocenters. The van der Waals surface area contributed by atoms with Crippen molar-refractivity contribution in [1.82, 2.24) is 4.57 Å². The first-order chi connectivity index (χ1) is 7.04. The van der Waals surface area contributed by atoms with Crippen LogP contribution in [0.15, 0.2) is 4.79 Å². The quantitative estimate of drug-likeness (QED) is 0.696. The molecule has 0 spiro atoms. The van der Waals surface area contributed by atoms with E-state index in [0.29, 0.717) is 18.4 Å². The molecule has 5 heteroatoms. The second-order valence-electron chi connectivity index (χ2n) is 3.67. The lowest BCUT2D eigenvalue weighted by molar-refractivity contribution is 0.0690. The topological polar surface area (TPSA) is 79.5 Å². The SMILES string of the molecule is Cn1c2c(c(O)c(C(=O)O)c1=O)CCC2. The van der Waals surface area contributed by atoms with Crippen LogP contribution in [0.2, 0.25) is 0 Å². The number of hydrogen-bond donors (Lipinski definition) is 2. The number of pyridine rings is 1. The second kappa shape index (κ2) is 3.12. The van der Waals surface area contributed by atoms with Crippen molar-refractivity contribution in [3.8, 4) is 5.75 Å². The second-order valence-corrected chi connectivity index (χ2v) is 3.67. The molecule has 15 heavy (non-hydrogen) atoms. The van der Waals surface area contributed by atoms with Gasteiger partial charge in [-0.25, -0.2) is 4.79 Å². The van der Waals surface area contributed by atoms with Crippen molar-refractivity contribution in [2.45, 2.75) is 19.3 Å². The number of rotatable bonds is 1. The van der Waals surface area contributed by atoms with Crippen LogP contribution in [0.3, 0.4) is 0 Å². The third-order valence-corrected chi connectivity index (χ3v) is 2.85. The molecule has 80 valence electrons. The Morgan fingerprint density at radius 2 is 2.07 bits per heavy atom. The summed E-state index contributed by atoms with van der Waals surface area (Å²) in [6.45, 7) is 0. The Bertz CT molecular complexity index is 501. The molecule has 1 aliphatic rings. The van der Waals surface area contributed by atoms with Crippen LogP contribution in [0.4, 0.5) is 0 Å². The van der Waals surface area contributed by atoms with E-state index in [2.05, 4.69) is 0 Å². The molecule has 2 rings (SSSR count). The molecule has 0 aliphatic heterocycles. The van der Waals surface area contributed by atoms with Crippen molar-refractivity contribution in [2.75, 3.05) is 0 Å². The molecule has 1 aromatic heterocycles. The van der Waals surface area contributed by atoms with Gasteiger partial charge in [0.05, 0.1) is 0 Å². The fourth-order valence-electron chi connectivity index (χ4n) is 2.09. The third kappa shape index (κ3) is 1.23. The van der Waals surface area contributed by atoms with Gasteiger partial charge in [0.25, 0.3) is 5.56 Å². The van der Waals surface area contributed by atoms with E-state index in [1.54, 1.807) is 7.05 Å². The van der Waals surface area contributed by atoms with E-state index < -0.39 is 17.1 Å². The Balaban J connectivity index is 2.85. The molecule has 0 unspecified atom stereocenters. The highest BCUT2D eigenvalue weighted by Gasteiger charge is 2.26. The maximum absolute atomic E-state index is 11.6. The Labute approximate surface area is 85.6 Å². The van der Waals surface area contributed by atoms with Crippen LogP contribution in [0.5, 0.6) is 5.75 Å². The lowest BCUT2D eigenvalue weighted by atomic mass is 10.1. The van der Waals surface area contributed by atoms with E-state index in [9.17, 15) is 14.7 Å². The Kier molecular flexibility index (Phi) is 2.03. The molecule has 1 heterocycles. The van der Waals surface area contributed by atoms with E-state index in [0.717, 1.165) is 12.1 Å². The number of carboxylic acid groups (broad SMARTS) is 1. The molecule has 0 aromatic carbocycles. The van der Waals surface area contributed by atoms with Crippen molar-refractivity contribution in [3.63, 3.8) is 0 Å². The summed E-state index contributed by atoms with van der Waals surface area (Å²) >= 11 is 0. The van der Waals surface area contributed by atoms with Crippen molar-refractivity contribution in [2.24, 2.45) is 7.05 Å². The fraction of sp³-hybridized carbons (Fsp3) is 0.400. The first kappa shape index (κ1) is 9.76. The number of hydrogen-bond acceptors (Lipinski definition) is 3. The zero-order valence-corrected chi connectivity index (χ0v) is 8.28. The number of aromatic carboxylic acids is 1. The fourth-order valence-corrected chi connectivity index (χ4v) is 2.09. The van der Waals surface area contributed by atoms with Crippen LogP contribution in [-0.4, -0.2) is 20.7 Å². The normalized spacial score (nSPS) is 13.9. The summed E-state index contributed by atoms with van der Waals surface area (Å²) in [6.07, 6.45) is 2.20. The van der Waals surface area contributed by atoms with Crippen molar-refractivity contribution >= 4 is 5.97 Å². The van der Waals surface area contributed by atoms with Crippen molar-refractivity contribution < 1.29 is 15.0 Å². The molecule has 0 saturated heterocycles. The summed E-state index contributed by atoms with van der Waals surface area (Å²) < 4.78 is 1.32. The average molecular weight is 209 g/mol. The first-order valence-electron chi connectivity index (χ1n) is 4.71. The maximum atomic E-state index is 11.6. The van der Waals surface area contributed by atoms with Gasteiger partial charge in [0.2, 0.25) is 0 Å². The zero-order valence-electron chi connectivity index (χ0n) is 8.28. The van der Waals surface area contributed by atoms with Gasteiger partial charge in [0.15, 0.2) is 5.56 Å². The van der Waals surface area contributed by atoms with E-state index in [4.69, 9.17) is 5.11 Å². The number of carboxylic acids is 1. The minimum absolute atomic E-state index is 0.349. The Hall–Kier alpha value is -1.78. The minimum atomic E-state index is -1.37. The van der Waals surface area contributed by atoms with Gasteiger partial charge in [-0.3, -0.25) is 4.79 Å². The molecule has 1 aliphatic carbocycles. The molecular formula is C10H11NO4. The summed E-state index contributed by atoms with van der Waals surface area (Å²) in [7, 11) is 1.54. The molecular weight excluding hydrogens is 198 g/mol. The lowest BCUT2D eigenvalue weighted by Gasteiger charge is -2.10. The van der Waals surface area contributed by atoms with Gasteiger partial charge in [-0.2, -0.15) is 0 Å². The number of aromatic hydroxyl groups is 1. The van der Waals surface area contributed by atoms with Crippen LogP contribution in [0.1, 0.15) is 28.0 Å². The van der Waals surface area contributed by atoms with Gasteiger partial charge in [0, 0.05) is 18.3 Å². The summed E-state index contributed by atoms with van der Waals surface area (Å²) in [4.78, 5) is 22.4. The van der Waals surface area contributed by atoms with E-state index in [1.807, 2.05) is 0 Å². The minimum Gasteiger partial charge on any atom is -0.506 e. The van der Waals surface area contributed by atoms with Gasteiger partial charge >= 0.3 is 5.97 Å². The lowest BCUT2D eigenvalue weighted by Crippen LogP contribution is -2.27. The number of nitrogens with zero attached hydrogens (tertiary/aromatic N) is 1. The van der Waals surface area contributed by atoms with Crippen molar-refractivity contribution in [3.05, 3.63) is 27.2 Å². The summed E-state index contributed by atoms with van der Waals surface area (Å²) in [5.74, 6) is -1.72. The Morgan fingerprint density at radius 3 is 2.67 bits per heavy atom. The summed E-state index contributed by atoms with van der Waals surface area (Å²) in [5, 5.41) is 18.5. The van der Waals surface area contributed by atoms with Crippen LogP contribution in [0.25, 0.3) is 0 Å². The third-order valence-electron chi connectivity index (χ3n) is 2.85. The summed E-state index contributed by atoms with van der Waals surface area (Å²) in [6, 6.07) is 0. The highest BCUT2D eigenvalue weighted by Crippen LogP contribution is 2.30. The molecule has 1 aromatic rings. The van der Waals surface area contributed by atoms with Crippen molar-refractivity contribution in [1.29, 1.82) is 0 Å². The molecule has 0 radical (unpaired) electrons. The predicted molar refractivity (Wildman–Crippen MR) is 52.3 cm³/mol. The molecule has 5 nitrogen and oxygen atoms in total. The largest absolute Gasteiger partial charge is 0.506 e. The van der Waals surface area contributed by atoms with E-state index >= 15 is 0 Å². The Morgan fingerprint density at radius 1 is 1.40 bits per heavy atom. The number of fused-ring (bicyclic) bond motifs is 1. The standard InChI is InChI=1S/C10H11NO4/c1-11-6-4-2-3-5(6)8(12)7(9(11)13)10(14)15/h12H,2-4H2,1H3,(H,14,15). The van der Waals surface area contributed by atoms with Gasteiger partial charge in [-0.15, -0.1) is 0 Å². The average Bonchev–Trinajstić information content (AvgIpc) is 2.62. The molecule has 2 N–H and O–H groups in total. The van der Waals surface area contributed by atoms with Gasteiger partial charge in [0.1, 0.15) is 5.75 Å². The number of aromatic nitrogens is 1. The van der Waals surface area contributed by atoms with E-state index in [1.165, 1.54) is 4.57 Å². The zero-order chi connectivity index (χ0) is 11.2. The molecule has 0 fully saturated rings. The predicted octanol–water partition coefficient (Wildman–Crippen LogP) is 0.278. The van der Waals surface area contributed by atoms with Crippen LogP contribution in [0, 0.1) is 0 Å². The number of carbonyl (C=O) groups is 1. The highest BCUT2D eigenvalue weighted by molar-refractivity contribution is 5.91. The van der Waals surface area contributed by atoms with E-state index in [-0.39, 0.29) is 5.75 Å². The molecule has 0 amide bonds. The molecule has 0 bridgehead atoms. The molecule has 0 saturated carbocycles. The first-order valence-corrected chi connectivity index (χ1v) is 4.71. The summed E-state index contributed by atoms with van der Waals surface area (Å²) in [5.41, 5.74) is 0.204. The highest BCUT2D eigenvalue weighted by atomic mass is 16.4.